The van der Waals surface area contributed by atoms with Crippen molar-refractivity contribution in [3.8, 4) is 0 Å². The minimum absolute atomic E-state index is 0.385. The third-order valence-corrected chi connectivity index (χ3v) is 4.72. The summed E-state index contributed by atoms with van der Waals surface area (Å²) < 4.78 is 0. The molecule has 19 heavy (non-hydrogen) atoms. The van der Waals surface area contributed by atoms with E-state index in [1.807, 2.05) is 0 Å². The fraction of sp³-hybridized carbons (Fsp3) is 0.938. The number of carbonyl (C=O) groups excluding carboxylic acids is 1. The van der Waals surface area contributed by atoms with Crippen molar-refractivity contribution in [2.45, 2.75) is 70.8 Å². The normalized spacial score (nSPS) is 23.3. The van der Waals surface area contributed by atoms with Crippen LogP contribution < -0.4 is 0 Å². The van der Waals surface area contributed by atoms with Crippen LogP contribution in [0.4, 0.5) is 0 Å². The van der Waals surface area contributed by atoms with Crippen LogP contribution in [0.1, 0.15) is 64.7 Å². The topological polar surface area (TPSA) is 23.6 Å². The molecule has 0 spiro atoms. The number of amides is 1. The highest BCUT2D eigenvalue weighted by Gasteiger charge is 2.26. The molecule has 2 aliphatic heterocycles. The summed E-state index contributed by atoms with van der Waals surface area (Å²) in [5, 5.41) is 0. The molecular formula is C16H30N2O. The van der Waals surface area contributed by atoms with E-state index in [2.05, 4.69) is 16.7 Å². The molecule has 110 valence electrons. The van der Waals surface area contributed by atoms with E-state index in [1.54, 1.807) is 0 Å². The zero-order chi connectivity index (χ0) is 13.5. The van der Waals surface area contributed by atoms with Crippen LogP contribution in [0.2, 0.25) is 0 Å². The Labute approximate surface area is 118 Å². The molecule has 0 bridgehead atoms. The predicted octanol–water partition coefficient (Wildman–Crippen LogP) is 3.04. The lowest BCUT2D eigenvalue weighted by molar-refractivity contribution is -0.132. The molecule has 0 aromatic heterocycles. The first-order valence-corrected chi connectivity index (χ1v) is 8.33. The lowest BCUT2D eigenvalue weighted by atomic mass is 10.0. The summed E-state index contributed by atoms with van der Waals surface area (Å²) in [5.41, 5.74) is 0. The van der Waals surface area contributed by atoms with Gasteiger partial charge in [-0.3, -0.25) is 4.79 Å². The minimum atomic E-state index is 0.385. The summed E-state index contributed by atoms with van der Waals surface area (Å²) in [6.07, 6.45) is 10.9. The Hall–Kier alpha value is -0.570. The molecule has 0 aromatic rings. The Morgan fingerprint density at radius 3 is 2.21 bits per heavy atom. The maximum Gasteiger partial charge on any atom is 0.222 e. The zero-order valence-electron chi connectivity index (χ0n) is 12.6. The molecule has 0 N–H and O–H groups in total. The van der Waals surface area contributed by atoms with Crippen LogP contribution in [0.3, 0.4) is 0 Å². The van der Waals surface area contributed by atoms with Crippen molar-refractivity contribution in [2.75, 3.05) is 26.2 Å². The van der Waals surface area contributed by atoms with Gasteiger partial charge in [0.15, 0.2) is 0 Å². The average Bonchev–Trinajstić information content (AvgIpc) is 2.74. The van der Waals surface area contributed by atoms with Crippen molar-refractivity contribution >= 4 is 5.91 Å². The van der Waals surface area contributed by atoms with Gasteiger partial charge in [0.1, 0.15) is 0 Å². The summed E-state index contributed by atoms with van der Waals surface area (Å²) in [5.74, 6) is 0.385. The van der Waals surface area contributed by atoms with Gasteiger partial charge in [0, 0.05) is 25.6 Å². The number of nitrogens with zero attached hydrogens (tertiary/aromatic N) is 2. The van der Waals surface area contributed by atoms with E-state index < -0.39 is 0 Å². The molecule has 0 aromatic carbocycles. The van der Waals surface area contributed by atoms with Gasteiger partial charge < -0.3 is 9.80 Å². The summed E-state index contributed by atoms with van der Waals surface area (Å²) in [4.78, 5) is 16.8. The van der Waals surface area contributed by atoms with Crippen LogP contribution in [0.15, 0.2) is 0 Å². The standard InChI is InChI=1S/C16H30N2O/c1-2-3-8-16(19)18-13-9-15(10-14-18)17-11-6-4-5-7-12-17/h15H,2-14H2,1H3. The van der Waals surface area contributed by atoms with Crippen molar-refractivity contribution in [3.63, 3.8) is 0 Å². The zero-order valence-corrected chi connectivity index (χ0v) is 12.6. The molecule has 0 radical (unpaired) electrons. The van der Waals surface area contributed by atoms with Gasteiger partial charge in [0.2, 0.25) is 5.91 Å². The second-order valence-corrected chi connectivity index (χ2v) is 6.17. The molecule has 2 fully saturated rings. The highest BCUT2D eigenvalue weighted by atomic mass is 16.2. The highest BCUT2D eigenvalue weighted by molar-refractivity contribution is 5.76. The highest BCUT2D eigenvalue weighted by Crippen LogP contribution is 2.21. The van der Waals surface area contributed by atoms with Crippen LogP contribution in [0, 0.1) is 0 Å². The Bertz CT molecular complexity index is 264. The van der Waals surface area contributed by atoms with Crippen LogP contribution in [0.5, 0.6) is 0 Å². The third kappa shape index (κ3) is 4.48. The van der Waals surface area contributed by atoms with Crippen LogP contribution in [0.25, 0.3) is 0 Å². The fourth-order valence-corrected chi connectivity index (χ4v) is 3.43. The van der Waals surface area contributed by atoms with E-state index in [0.29, 0.717) is 5.91 Å². The first-order chi connectivity index (χ1) is 9.31. The van der Waals surface area contributed by atoms with Gasteiger partial charge in [0.25, 0.3) is 0 Å². The Morgan fingerprint density at radius 2 is 1.63 bits per heavy atom. The molecular weight excluding hydrogens is 236 g/mol. The predicted molar refractivity (Wildman–Crippen MR) is 79.2 cm³/mol. The van der Waals surface area contributed by atoms with Crippen LogP contribution in [-0.4, -0.2) is 47.9 Å². The van der Waals surface area contributed by atoms with Crippen molar-refractivity contribution in [1.29, 1.82) is 0 Å². The molecule has 2 heterocycles. The molecule has 2 aliphatic rings. The Morgan fingerprint density at radius 1 is 1.00 bits per heavy atom. The lowest BCUT2D eigenvalue weighted by Crippen LogP contribution is -2.47. The number of rotatable bonds is 4. The number of likely N-dealkylation sites (tertiary alicyclic amines) is 2. The first-order valence-electron chi connectivity index (χ1n) is 8.33. The minimum Gasteiger partial charge on any atom is -0.343 e. The van der Waals surface area contributed by atoms with E-state index >= 15 is 0 Å². The number of unbranched alkanes of at least 4 members (excludes halogenated alkanes) is 1. The smallest absolute Gasteiger partial charge is 0.222 e. The molecule has 1 amide bonds. The summed E-state index contributed by atoms with van der Waals surface area (Å²) >= 11 is 0. The monoisotopic (exact) mass is 266 g/mol. The molecule has 3 nitrogen and oxygen atoms in total. The van der Waals surface area contributed by atoms with Gasteiger partial charge in [-0.25, -0.2) is 0 Å². The molecule has 0 unspecified atom stereocenters. The SMILES string of the molecule is CCCCC(=O)N1CCC(N2CCCCCC2)CC1. The van der Waals surface area contributed by atoms with E-state index in [4.69, 9.17) is 0 Å². The van der Waals surface area contributed by atoms with Gasteiger partial charge in [0.05, 0.1) is 0 Å². The second kappa shape index (κ2) is 7.88. The Balaban J connectivity index is 1.73. The second-order valence-electron chi connectivity index (χ2n) is 6.17. The van der Waals surface area contributed by atoms with Crippen molar-refractivity contribution in [3.05, 3.63) is 0 Å². The van der Waals surface area contributed by atoms with Crippen molar-refractivity contribution in [1.82, 2.24) is 9.80 Å². The number of piperidine rings is 1. The molecule has 0 atom stereocenters. The van der Waals surface area contributed by atoms with Gasteiger partial charge in [-0.2, -0.15) is 0 Å². The largest absolute Gasteiger partial charge is 0.343 e. The van der Waals surface area contributed by atoms with Gasteiger partial charge >= 0.3 is 0 Å². The molecule has 3 heteroatoms. The molecule has 2 saturated heterocycles. The van der Waals surface area contributed by atoms with Crippen LogP contribution in [-0.2, 0) is 4.79 Å². The lowest BCUT2D eigenvalue weighted by Gasteiger charge is -2.38. The Kier molecular flexibility index (Phi) is 6.15. The molecule has 2 rings (SSSR count). The number of hydrogen-bond donors (Lipinski definition) is 0. The fourth-order valence-electron chi connectivity index (χ4n) is 3.43. The summed E-state index contributed by atoms with van der Waals surface area (Å²) in [6, 6.07) is 0.744. The van der Waals surface area contributed by atoms with Crippen molar-refractivity contribution in [2.24, 2.45) is 0 Å². The maximum absolute atomic E-state index is 12.0. The van der Waals surface area contributed by atoms with E-state index in [0.717, 1.165) is 38.4 Å². The molecule has 0 aliphatic carbocycles. The number of hydrogen-bond acceptors (Lipinski definition) is 2. The quantitative estimate of drug-likeness (QED) is 0.781. The van der Waals surface area contributed by atoms with Gasteiger partial charge in [-0.05, 0) is 45.2 Å². The van der Waals surface area contributed by atoms with E-state index in [9.17, 15) is 4.79 Å². The number of carbonyl (C=O) groups is 1. The average molecular weight is 266 g/mol. The third-order valence-electron chi connectivity index (χ3n) is 4.72. The van der Waals surface area contributed by atoms with E-state index in [-0.39, 0.29) is 0 Å². The maximum atomic E-state index is 12.0. The van der Waals surface area contributed by atoms with Gasteiger partial charge in [-0.1, -0.05) is 26.2 Å². The molecule has 0 saturated carbocycles. The van der Waals surface area contributed by atoms with Crippen molar-refractivity contribution < 1.29 is 4.79 Å². The van der Waals surface area contributed by atoms with Crippen LogP contribution >= 0.6 is 0 Å². The first kappa shape index (κ1) is 14.8. The van der Waals surface area contributed by atoms with E-state index in [1.165, 1.54) is 51.6 Å². The van der Waals surface area contributed by atoms with Gasteiger partial charge in [-0.15, -0.1) is 0 Å². The summed E-state index contributed by atoms with van der Waals surface area (Å²) in [7, 11) is 0. The summed E-state index contributed by atoms with van der Waals surface area (Å²) in [6.45, 7) is 6.70.